The lowest BCUT2D eigenvalue weighted by molar-refractivity contribution is -0.112. The van der Waals surface area contributed by atoms with Gasteiger partial charge in [0.15, 0.2) is 0 Å². The summed E-state index contributed by atoms with van der Waals surface area (Å²) < 4.78 is 6.08. The Hall–Kier alpha value is -0.860. The van der Waals surface area contributed by atoms with Crippen LogP contribution in [0.5, 0.6) is 0 Å². The van der Waals surface area contributed by atoms with Gasteiger partial charge in [0.1, 0.15) is 0 Å². The van der Waals surface area contributed by atoms with Crippen molar-refractivity contribution < 1.29 is 9.84 Å². The lowest BCUT2D eigenvalue weighted by Gasteiger charge is -2.40. The van der Waals surface area contributed by atoms with E-state index in [4.69, 9.17) is 4.74 Å². The minimum Gasteiger partial charge on any atom is -0.392 e. The topological polar surface area (TPSA) is 29.5 Å². The average Bonchev–Trinajstić information content (AvgIpc) is 2.91. The molecular weight excluding hydrogens is 260 g/mol. The van der Waals surface area contributed by atoms with E-state index >= 15 is 0 Å². The molecule has 2 nitrogen and oxygen atoms in total. The van der Waals surface area contributed by atoms with Gasteiger partial charge in [0.25, 0.3) is 0 Å². The Labute approximate surface area is 128 Å². The van der Waals surface area contributed by atoms with Gasteiger partial charge in [0, 0.05) is 6.61 Å². The summed E-state index contributed by atoms with van der Waals surface area (Å²) >= 11 is 0. The lowest BCUT2D eigenvalue weighted by atomic mass is 9.80. The minimum atomic E-state index is -0.228. The molecule has 2 aliphatic rings. The molecule has 1 saturated heterocycles. The van der Waals surface area contributed by atoms with Gasteiger partial charge in [-0.1, -0.05) is 31.0 Å². The summed E-state index contributed by atoms with van der Waals surface area (Å²) in [5.74, 6) is 0.401. The van der Waals surface area contributed by atoms with Crippen molar-refractivity contribution in [3.8, 4) is 0 Å². The third-order valence-corrected chi connectivity index (χ3v) is 5.61. The summed E-state index contributed by atoms with van der Waals surface area (Å²) in [5, 5.41) is 10.7. The summed E-state index contributed by atoms with van der Waals surface area (Å²) in [6, 6.07) is 6.55. The fraction of sp³-hybridized carbons (Fsp3) is 0.684. The largest absolute Gasteiger partial charge is 0.392 e. The normalized spacial score (nSPS) is 26.1. The monoisotopic (exact) mass is 288 g/mol. The van der Waals surface area contributed by atoms with Gasteiger partial charge in [-0.15, -0.1) is 0 Å². The highest BCUT2D eigenvalue weighted by Gasteiger charge is 2.41. The highest BCUT2D eigenvalue weighted by atomic mass is 16.5. The maximum atomic E-state index is 10.7. The molecule has 1 aliphatic heterocycles. The Bertz CT molecular complexity index is 488. The third-order valence-electron chi connectivity index (χ3n) is 5.61. The second-order valence-electron chi connectivity index (χ2n) is 7.18. The maximum Gasteiger partial charge on any atom is 0.0686 e. The first-order valence-corrected chi connectivity index (χ1v) is 8.46. The van der Waals surface area contributed by atoms with E-state index in [1.807, 2.05) is 0 Å². The molecule has 21 heavy (non-hydrogen) atoms. The second-order valence-corrected chi connectivity index (χ2v) is 7.18. The highest BCUT2D eigenvalue weighted by molar-refractivity contribution is 5.30. The Morgan fingerprint density at radius 1 is 1.24 bits per heavy atom. The van der Waals surface area contributed by atoms with Gasteiger partial charge < -0.3 is 9.84 Å². The lowest BCUT2D eigenvalue weighted by Crippen LogP contribution is -2.41. The smallest absolute Gasteiger partial charge is 0.0686 e. The number of hydrogen-bond donors (Lipinski definition) is 1. The zero-order valence-electron chi connectivity index (χ0n) is 13.4. The van der Waals surface area contributed by atoms with Crippen LogP contribution in [-0.2, 0) is 11.2 Å². The molecule has 2 fully saturated rings. The van der Waals surface area contributed by atoms with E-state index in [9.17, 15) is 5.11 Å². The van der Waals surface area contributed by atoms with Crippen LogP contribution >= 0.6 is 0 Å². The minimum absolute atomic E-state index is 0.104. The average molecular weight is 288 g/mol. The number of rotatable bonds is 3. The Morgan fingerprint density at radius 2 is 2.00 bits per heavy atom. The van der Waals surface area contributed by atoms with Gasteiger partial charge in [-0.05, 0) is 68.6 Å². The van der Waals surface area contributed by atoms with Crippen molar-refractivity contribution in [3.05, 3.63) is 34.9 Å². The standard InChI is InChI=1S/C19H28O2/c1-14-5-6-16(11-15(14)2)12-18(20)17-7-10-21-19(13-17)8-3-4-9-19/h5-6,11,17-18,20H,3-4,7-10,12-13H2,1-2H3. The second kappa shape index (κ2) is 6.10. The maximum absolute atomic E-state index is 10.7. The van der Waals surface area contributed by atoms with Crippen molar-refractivity contribution in [3.63, 3.8) is 0 Å². The van der Waals surface area contributed by atoms with Crippen LogP contribution in [-0.4, -0.2) is 23.4 Å². The molecule has 0 bridgehead atoms. The Morgan fingerprint density at radius 3 is 2.71 bits per heavy atom. The summed E-state index contributed by atoms with van der Waals surface area (Å²) in [4.78, 5) is 0. The fourth-order valence-electron chi connectivity index (χ4n) is 4.10. The number of aliphatic hydroxyl groups is 1. The Kier molecular flexibility index (Phi) is 4.37. The molecule has 0 radical (unpaired) electrons. The molecular formula is C19H28O2. The molecule has 1 aromatic rings. The predicted octanol–water partition coefficient (Wildman–Crippen LogP) is 3.95. The molecule has 1 spiro atoms. The molecule has 2 unspecified atom stereocenters. The highest BCUT2D eigenvalue weighted by Crippen LogP contribution is 2.43. The quantitative estimate of drug-likeness (QED) is 0.912. The van der Waals surface area contributed by atoms with Crippen LogP contribution in [0.1, 0.15) is 55.2 Å². The van der Waals surface area contributed by atoms with E-state index < -0.39 is 0 Å². The summed E-state index contributed by atoms with van der Waals surface area (Å²) in [5.41, 5.74) is 4.01. The summed E-state index contributed by atoms with van der Waals surface area (Å²) in [6.45, 7) is 5.11. The van der Waals surface area contributed by atoms with Crippen LogP contribution in [0.15, 0.2) is 18.2 Å². The van der Waals surface area contributed by atoms with Crippen LogP contribution in [0.3, 0.4) is 0 Å². The molecule has 2 atom stereocenters. The number of aryl methyl sites for hydroxylation is 2. The van der Waals surface area contributed by atoms with E-state index in [1.165, 1.54) is 42.4 Å². The molecule has 116 valence electrons. The first-order chi connectivity index (χ1) is 10.1. The molecule has 1 heterocycles. The van der Waals surface area contributed by atoms with Gasteiger partial charge >= 0.3 is 0 Å². The van der Waals surface area contributed by atoms with E-state index in [1.54, 1.807) is 0 Å². The molecule has 1 aliphatic carbocycles. The number of aliphatic hydroxyl groups excluding tert-OH is 1. The number of benzene rings is 1. The zero-order valence-corrected chi connectivity index (χ0v) is 13.4. The molecule has 0 aromatic heterocycles. The SMILES string of the molecule is Cc1ccc(CC(O)C2CCOC3(CCCC3)C2)cc1C. The van der Waals surface area contributed by atoms with Crippen LogP contribution in [0.2, 0.25) is 0 Å². The van der Waals surface area contributed by atoms with Crippen molar-refractivity contribution in [1.82, 2.24) is 0 Å². The first kappa shape index (κ1) is 15.1. The summed E-state index contributed by atoms with van der Waals surface area (Å²) in [7, 11) is 0. The van der Waals surface area contributed by atoms with Gasteiger partial charge in [-0.2, -0.15) is 0 Å². The van der Waals surface area contributed by atoms with E-state index in [0.29, 0.717) is 5.92 Å². The summed E-state index contributed by atoms with van der Waals surface area (Å²) in [6.07, 6.45) is 7.59. The molecule has 1 saturated carbocycles. The predicted molar refractivity (Wildman–Crippen MR) is 85.5 cm³/mol. The van der Waals surface area contributed by atoms with Gasteiger partial charge in [0.05, 0.1) is 11.7 Å². The van der Waals surface area contributed by atoms with Crippen LogP contribution in [0.25, 0.3) is 0 Å². The van der Waals surface area contributed by atoms with Crippen molar-refractivity contribution in [2.24, 2.45) is 5.92 Å². The number of hydrogen-bond acceptors (Lipinski definition) is 2. The van der Waals surface area contributed by atoms with Gasteiger partial charge in [0.2, 0.25) is 0 Å². The zero-order chi connectivity index (χ0) is 14.9. The van der Waals surface area contributed by atoms with E-state index in [-0.39, 0.29) is 11.7 Å². The van der Waals surface area contributed by atoms with E-state index in [2.05, 4.69) is 32.0 Å². The van der Waals surface area contributed by atoms with E-state index in [0.717, 1.165) is 25.9 Å². The molecule has 3 rings (SSSR count). The fourth-order valence-corrected chi connectivity index (χ4v) is 4.10. The molecule has 1 N–H and O–H groups in total. The third kappa shape index (κ3) is 3.32. The number of ether oxygens (including phenoxy) is 1. The van der Waals surface area contributed by atoms with Crippen molar-refractivity contribution in [1.29, 1.82) is 0 Å². The molecule has 2 heteroatoms. The van der Waals surface area contributed by atoms with Crippen molar-refractivity contribution >= 4 is 0 Å². The van der Waals surface area contributed by atoms with Crippen LogP contribution in [0.4, 0.5) is 0 Å². The molecule has 1 aromatic carbocycles. The van der Waals surface area contributed by atoms with Gasteiger partial charge in [-0.3, -0.25) is 0 Å². The Balaban J connectivity index is 1.64. The molecule has 0 amide bonds. The van der Waals surface area contributed by atoms with Crippen molar-refractivity contribution in [2.75, 3.05) is 6.61 Å². The van der Waals surface area contributed by atoms with Crippen molar-refractivity contribution in [2.45, 2.75) is 70.5 Å². The van der Waals surface area contributed by atoms with Gasteiger partial charge in [-0.25, -0.2) is 0 Å². The van der Waals surface area contributed by atoms with Crippen LogP contribution < -0.4 is 0 Å². The van der Waals surface area contributed by atoms with Crippen LogP contribution in [0, 0.1) is 19.8 Å². The first-order valence-electron chi connectivity index (χ1n) is 8.46.